The van der Waals surface area contributed by atoms with E-state index in [0.717, 1.165) is 32.1 Å². The zero-order chi connectivity index (χ0) is 39.3. The number of allylic oxidation sites excluding steroid dienone is 5. The van der Waals surface area contributed by atoms with Crippen LogP contribution in [0.5, 0.6) is 0 Å². The summed E-state index contributed by atoms with van der Waals surface area (Å²) in [4.78, 5) is 12.4. The molecule has 0 saturated heterocycles. The monoisotopic (exact) mass is 758 g/mol. The van der Waals surface area contributed by atoms with Crippen molar-refractivity contribution in [1.29, 1.82) is 0 Å². The highest BCUT2D eigenvalue weighted by Gasteiger charge is 2.17. The van der Waals surface area contributed by atoms with Crippen LogP contribution in [-0.2, 0) is 4.79 Å². The van der Waals surface area contributed by atoms with Gasteiger partial charge in [-0.1, -0.05) is 230 Å². The molecule has 4 heteroatoms. The highest BCUT2D eigenvalue weighted by Crippen LogP contribution is 2.15. The lowest BCUT2D eigenvalue weighted by atomic mass is 10.0. The second-order valence-electron chi connectivity index (χ2n) is 16.5. The molecule has 0 aliphatic heterocycles. The van der Waals surface area contributed by atoms with Crippen LogP contribution in [0.4, 0.5) is 0 Å². The van der Waals surface area contributed by atoms with Crippen molar-refractivity contribution in [3.8, 4) is 0 Å². The molecule has 0 aromatic rings. The number of amides is 1. The Morgan fingerprint density at radius 1 is 0.426 bits per heavy atom. The van der Waals surface area contributed by atoms with E-state index in [9.17, 15) is 15.0 Å². The molecular weight excluding hydrogens is 663 g/mol. The predicted molar refractivity (Wildman–Crippen MR) is 239 cm³/mol. The predicted octanol–water partition coefficient (Wildman–Crippen LogP) is 15.4. The van der Waals surface area contributed by atoms with E-state index in [1.165, 1.54) is 205 Å². The van der Waals surface area contributed by atoms with Gasteiger partial charge in [-0.05, 0) is 57.8 Å². The van der Waals surface area contributed by atoms with Crippen LogP contribution in [0.15, 0.2) is 36.5 Å². The van der Waals surface area contributed by atoms with Crippen molar-refractivity contribution in [2.45, 2.75) is 270 Å². The largest absolute Gasteiger partial charge is 0.394 e. The topological polar surface area (TPSA) is 69.6 Å². The minimum Gasteiger partial charge on any atom is -0.394 e. The molecule has 0 spiro atoms. The maximum atomic E-state index is 12.4. The van der Waals surface area contributed by atoms with E-state index in [1.54, 1.807) is 6.08 Å². The Bertz CT molecular complexity index is 821. The van der Waals surface area contributed by atoms with Crippen LogP contribution in [0.25, 0.3) is 0 Å². The normalized spacial score (nSPS) is 13.2. The maximum absolute atomic E-state index is 12.4. The fourth-order valence-electron chi connectivity index (χ4n) is 7.37. The average Bonchev–Trinajstić information content (AvgIpc) is 3.18. The molecule has 1 amide bonds. The summed E-state index contributed by atoms with van der Waals surface area (Å²) in [7, 11) is 0. The van der Waals surface area contributed by atoms with Gasteiger partial charge in [0, 0.05) is 6.42 Å². The Morgan fingerprint density at radius 2 is 0.722 bits per heavy atom. The van der Waals surface area contributed by atoms with Gasteiger partial charge < -0.3 is 15.5 Å². The number of aliphatic hydroxyl groups excluding tert-OH is 2. The second kappa shape index (κ2) is 46.0. The number of carbonyl (C=O) groups is 1. The standard InChI is InChI=1S/C50H95NO3/c1-3-5-7-9-11-13-15-17-19-21-22-23-24-25-26-27-28-29-30-32-34-36-38-40-42-44-46-50(54)51-48(47-52)49(53)45-43-41-39-37-35-33-31-20-18-16-14-12-10-8-6-4-2/h25-26,35,37,43,45,48-49,52-53H,3-24,27-34,36,38-42,44,46-47H2,1-2H3,(H,51,54)/b26-25-,37-35+,45-43+. The molecule has 2 unspecified atom stereocenters. The summed E-state index contributed by atoms with van der Waals surface area (Å²) < 4.78 is 0. The molecule has 0 radical (unpaired) electrons. The summed E-state index contributed by atoms with van der Waals surface area (Å²) in [5.74, 6) is -0.0735. The lowest BCUT2D eigenvalue weighted by Crippen LogP contribution is -2.45. The van der Waals surface area contributed by atoms with Crippen molar-refractivity contribution in [2.24, 2.45) is 0 Å². The first kappa shape index (κ1) is 52.6. The molecular formula is C50H95NO3. The van der Waals surface area contributed by atoms with E-state index < -0.39 is 12.1 Å². The summed E-state index contributed by atoms with van der Waals surface area (Å²) in [6, 6.07) is -0.638. The maximum Gasteiger partial charge on any atom is 0.220 e. The number of nitrogens with one attached hydrogen (secondary N) is 1. The number of hydrogen-bond donors (Lipinski definition) is 3. The number of carbonyl (C=O) groups excluding carboxylic acids is 1. The molecule has 318 valence electrons. The van der Waals surface area contributed by atoms with Crippen molar-refractivity contribution in [1.82, 2.24) is 5.32 Å². The van der Waals surface area contributed by atoms with Crippen molar-refractivity contribution >= 4 is 5.91 Å². The molecule has 3 N–H and O–H groups in total. The van der Waals surface area contributed by atoms with E-state index in [1.807, 2.05) is 6.08 Å². The summed E-state index contributed by atoms with van der Waals surface area (Å²) in [5.41, 5.74) is 0. The van der Waals surface area contributed by atoms with Gasteiger partial charge in [0.1, 0.15) is 0 Å². The molecule has 54 heavy (non-hydrogen) atoms. The highest BCUT2D eigenvalue weighted by molar-refractivity contribution is 5.76. The van der Waals surface area contributed by atoms with Gasteiger partial charge in [-0.15, -0.1) is 0 Å². The van der Waals surface area contributed by atoms with Gasteiger partial charge in [0.25, 0.3) is 0 Å². The first-order valence-electron chi connectivity index (χ1n) is 24.2. The first-order chi connectivity index (χ1) is 26.7. The summed E-state index contributed by atoms with van der Waals surface area (Å²) >= 11 is 0. The smallest absolute Gasteiger partial charge is 0.220 e. The Labute approximate surface area is 338 Å². The van der Waals surface area contributed by atoms with Crippen LogP contribution in [0.2, 0.25) is 0 Å². The van der Waals surface area contributed by atoms with Gasteiger partial charge in [0.05, 0.1) is 18.8 Å². The number of hydrogen-bond acceptors (Lipinski definition) is 3. The van der Waals surface area contributed by atoms with Gasteiger partial charge in [-0.25, -0.2) is 0 Å². The summed E-state index contributed by atoms with van der Waals surface area (Å²) in [6.45, 7) is 4.31. The Balaban J connectivity index is 3.54. The number of rotatable bonds is 44. The van der Waals surface area contributed by atoms with Gasteiger partial charge >= 0.3 is 0 Å². The van der Waals surface area contributed by atoms with Crippen molar-refractivity contribution in [2.75, 3.05) is 6.61 Å². The summed E-state index contributed by atoms with van der Waals surface area (Å²) in [6.07, 6.45) is 61.3. The molecule has 0 bridgehead atoms. The average molecular weight is 758 g/mol. The molecule has 0 rings (SSSR count). The van der Waals surface area contributed by atoms with Crippen LogP contribution in [-0.4, -0.2) is 34.9 Å². The van der Waals surface area contributed by atoms with E-state index in [-0.39, 0.29) is 12.5 Å². The fraction of sp³-hybridized carbons (Fsp3) is 0.860. The number of aliphatic hydroxyl groups is 2. The quantitative estimate of drug-likeness (QED) is 0.0428. The SMILES string of the molecule is CCCCCCCCCCCC/C=C/CC/C=C/C(O)C(CO)NC(=O)CCCCCCCCCCCC/C=C\CCCCCCCCCCCCCC. The Morgan fingerprint density at radius 3 is 1.07 bits per heavy atom. The Hall–Kier alpha value is -1.39. The molecule has 0 aromatic heterocycles. The molecule has 0 aromatic carbocycles. The summed E-state index contributed by atoms with van der Waals surface area (Å²) in [5, 5.41) is 23.0. The van der Waals surface area contributed by atoms with E-state index in [4.69, 9.17) is 0 Å². The van der Waals surface area contributed by atoms with Crippen LogP contribution in [0.3, 0.4) is 0 Å². The van der Waals surface area contributed by atoms with Gasteiger partial charge in [0.15, 0.2) is 0 Å². The minimum absolute atomic E-state index is 0.0735. The minimum atomic E-state index is -0.861. The third-order valence-electron chi connectivity index (χ3n) is 11.1. The molecule has 2 atom stereocenters. The van der Waals surface area contributed by atoms with E-state index in [2.05, 4.69) is 43.5 Å². The second-order valence-corrected chi connectivity index (χ2v) is 16.5. The van der Waals surface area contributed by atoms with Gasteiger partial charge in [0.2, 0.25) is 5.91 Å². The van der Waals surface area contributed by atoms with Crippen molar-refractivity contribution in [3.63, 3.8) is 0 Å². The molecule has 0 heterocycles. The van der Waals surface area contributed by atoms with E-state index >= 15 is 0 Å². The van der Waals surface area contributed by atoms with Crippen molar-refractivity contribution in [3.05, 3.63) is 36.5 Å². The molecule has 4 nitrogen and oxygen atoms in total. The fourth-order valence-corrected chi connectivity index (χ4v) is 7.37. The third-order valence-corrected chi connectivity index (χ3v) is 11.1. The lowest BCUT2D eigenvalue weighted by Gasteiger charge is -2.19. The molecule has 0 fully saturated rings. The van der Waals surface area contributed by atoms with Crippen LogP contribution >= 0.6 is 0 Å². The third kappa shape index (κ3) is 41.8. The highest BCUT2D eigenvalue weighted by atomic mass is 16.3. The Kier molecular flexibility index (Phi) is 44.8. The first-order valence-corrected chi connectivity index (χ1v) is 24.2. The molecule has 0 saturated carbocycles. The molecule has 0 aliphatic rings. The van der Waals surface area contributed by atoms with Crippen LogP contribution in [0.1, 0.15) is 258 Å². The van der Waals surface area contributed by atoms with E-state index in [0.29, 0.717) is 6.42 Å². The van der Waals surface area contributed by atoms with Crippen LogP contribution < -0.4 is 5.32 Å². The zero-order valence-electron chi connectivity index (χ0n) is 36.5. The van der Waals surface area contributed by atoms with Crippen LogP contribution in [0, 0.1) is 0 Å². The zero-order valence-corrected chi connectivity index (χ0v) is 36.5. The lowest BCUT2D eigenvalue weighted by molar-refractivity contribution is -0.123. The molecule has 0 aliphatic carbocycles. The number of unbranched alkanes of at least 4 members (excludes halogenated alkanes) is 33. The van der Waals surface area contributed by atoms with Gasteiger partial charge in [-0.2, -0.15) is 0 Å². The van der Waals surface area contributed by atoms with Gasteiger partial charge in [-0.3, -0.25) is 4.79 Å². The van der Waals surface area contributed by atoms with Crippen molar-refractivity contribution < 1.29 is 15.0 Å².